The van der Waals surface area contributed by atoms with Crippen LogP contribution in [0.25, 0.3) is 21.5 Å². The number of rotatable bonds is 10. The van der Waals surface area contributed by atoms with Gasteiger partial charge in [0, 0.05) is 37.3 Å². The minimum atomic E-state index is 0.808. The molecule has 0 atom stereocenters. The second kappa shape index (κ2) is 10.7. The van der Waals surface area contributed by atoms with Crippen molar-refractivity contribution in [3.05, 3.63) is 59.7 Å². The van der Waals surface area contributed by atoms with E-state index in [2.05, 4.69) is 108 Å². The maximum atomic E-state index is 4.49. The zero-order chi connectivity index (χ0) is 21.3. The molecule has 0 aliphatic carbocycles. The summed E-state index contributed by atoms with van der Waals surface area (Å²) in [6, 6.07) is 16.9. The van der Waals surface area contributed by atoms with Crippen molar-refractivity contribution in [2.24, 2.45) is 10.2 Å². The average Bonchev–Trinajstić information content (AvgIpc) is 2.73. The Morgan fingerprint density at radius 2 is 0.967 bits per heavy atom. The molecule has 0 aliphatic rings. The Morgan fingerprint density at radius 1 is 0.633 bits per heavy atom. The SMILES string of the molecule is CN(C)CCNN=Cc1c2ccccc2c(C=NNCCN(C)C)c2ccccc12. The normalized spacial score (nSPS) is 12.2. The average molecular weight is 405 g/mol. The van der Waals surface area contributed by atoms with Crippen LogP contribution in [-0.2, 0) is 0 Å². The first-order chi connectivity index (χ1) is 14.6. The second-order valence-electron chi connectivity index (χ2n) is 7.86. The van der Waals surface area contributed by atoms with Gasteiger partial charge in [-0.25, -0.2) is 0 Å². The van der Waals surface area contributed by atoms with Gasteiger partial charge in [-0.1, -0.05) is 48.5 Å². The van der Waals surface area contributed by atoms with Gasteiger partial charge in [-0.3, -0.25) is 0 Å². The molecule has 0 aromatic heterocycles. The number of nitrogens with one attached hydrogen (secondary N) is 2. The van der Waals surface area contributed by atoms with E-state index < -0.39 is 0 Å². The molecule has 0 amide bonds. The predicted octanol–water partition coefficient (Wildman–Crippen LogP) is 2.96. The van der Waals surface area contributed by atoms with Crippen molar-refractivity contribution in [1.29, 1.82) is 0 Å². The largest absolute Gasteiger partial charge is 0.309 e. The first kappa shape index (κ1) is 21.7. The van der Waals surface area contributed by atoms with Crippen LogP contribution in [0.2, 0.25) is 0 Å². The third-order valence-electron chi connectivity index (χ3n) is 4.93. The maximum absolute atomic E-state index is 4.49. The third kappa shape index (κ3) is 5.55. The van der Waals surface area contributed by atoms with Crippen LogP contribution in [0.4, 0.5) is 0 Å². The molecule has 0 spiro atoms. The van der Waals surface area contributed by atoms with Crippen molar-refractivity contribution in [2.45, 2.75) is 0 Å². The minimum absolute atomic E-state index is 0.808. The zero-order valence-corrected chi connectivity index (χ0v) is 18.4. The summed E-state index contributed by atoms with van der Waals surface area (Å²) in [4.78, 5) is 4.27. The number of hydrazone groups is 2. The topological polar surface area (TPSA) is 55.3 Å². The number of likely N-dealkylation sites (N-methyl/N-ethyl adjacent to an activating group) is 2. The van der Waals surface area contributed by atoms with Crippen molar-refractivity contribution in [2.75, 3.05) is 54.4 Å². The number of nitrogens with zero attached hydrogens (tertiary/aromatic N) is 4. The molecule has 0 saturated heterocycles. The van der Waals surface area contributed by atoms with E-state index in [9.17, 15) is 0 Å². The fraction of sp³-hybridized carbons (Fsp3) is 0.333. The van der Waals surface area contributed by atoms with E-state index in [1.165, 1.54) is 21.5 Å². The smallest absolute Gasteiger partial charge is 0.0552 e. The van der Waals surface area contributed by atoms with Gasteiger partial charge in [0.1, 0.15) is 0 Å². The molecule has 0 unspecified atom stereocenters. The Labute approximate surface area is 179 Å². The Hall–Kier alpha value is -2.96. The number of benzene rings is 3. The van der Waals surface area contributed by atoms with E-state index in [4.69, 9.17) is 0 Å². The minimum Gasteiger partial charge on any atom is -0.309 e. The van der Waals surface area contributed by atoms with Gasteiger partial charge in [0.25, 0.3) is 0 Å². The summed E-state index contributed by atoms with van der Waals surface area (Å²) in [6.45, 7) is 3.50. The number of hydrogen-bond acceptors (Lipinski definition) is 6. The lowest BCUT2D eigenvalue weighted by Crippen LogP contribution is -2.23. The summed E-state index contributed by atoms with van der Waals surface area (Å²) >= 11 is 0. The van der Waals surface area contributed by atoms with Crippen molar-refractivity contribution in [1.82, 2.24) is 20.7 Å². The van der Waals surface area contributed by atoms with Crippen LogP contribution in [0.1, 0.15) is 11.1 Å². The number of fused-ring (bicyclic) bond motifs is 2. The summed E-state index contributed by atoms with van der Waals surface area (Å²) in [5.41, 5.74) is 8.55. The molecule has 2 N–H and O–H groups in total. The van der Waals surface area contributed by atoms with Gasteiger partial charge in [-0.15, -0.1) is 0 Å². The summed E-state index contributed by atoms with van der Waals surface area (Å²) in [5, 5.41) is 13.7. The Bertz CT molecular complexity index is 884. The highest BCUT2D eigenvalue weighted by molar-refractivity contribution is 6.21. The van der Waals surface area contributed by atoms with Gasteiger partial charge in [0.05, 0.1) is 12.4 Å². The molecule has 158 valence electrons. The van der Waals surface area contributed by atoms with Crippen LogP contribution in [0.15, 0.2) is 58.7 Å². The van der Waals surface area contributed by atoms with Gasteiger partial charge < -0.3 is 20.7 Å². The number of hydrogen-bond donors (Lipinski definition) is 2. The van der Waals surface area contributed by atoms with Crippen LogP contribution < -0.4 is 10.9 Å². The van der Waals surface area contributed by atoms with Crippen molar-refractivity contribution in [3.63, 3.8) is 0 Å². The molecular formula is C24H32N6. The lowest BCUT2D eigenvalue weighted by atomic mass is 9.92. The molecule has 0 fully saturated rings. The van der Waals surface area contributed by atoms with E-state index in [-0.39, 0.29) is 0 Å². The fourth-order valence-corrected chi connectivity index (χ4v) is 3.37. The standard InChI is InChI=1S/C24H32N6/c1-29(2)15-13-25-27-17-23-19-9-5-7-11-21(19)24(18-28-26-14-16-30(3)4)22-12-8-6-10-20(22)23/h5-12,17-18,25-26H,13-16H2,1-4H3. The molecular weight excluding hydrogens is 372 g/mol. The Balaban J connectivity index is 1.98. The zero-order valence-electron chi connectivity index (χ0n) is 18.4. The highest BCUT2D eigenvalue weighted by Gasteiger charge is 2.11. The molecule has 3 aromatic carbocycles. The molecule has 0 saturated carbocycles. The van der Waals surface area contributed by atoms with Crippen LogP contribution in [0, 0.1) is 0 Å². The van der Waals surface area contributed by atoms with E-state index in [0.717, 1.165) is 37.3 Å². The first-order valence-corrected chi connectivity index (χ1v) is 10.3. The lowest BCUT2D eigenvalue weighted by molar-refractivity contribution is 0.403. The van der Waals surface area contributed by atoms with Gasteiger partial charge in [0.2, 0.25) is 0 Å². The monoisotopic (exact) mass is 404 g/mol. The van der Waals surface area contributed by atoms with Crippen LogP contribution in [-0.4, -0.2) is 76.6 Å². The summed E-state index contributed by atoms with van der Waals surface area (Å²) in [7, 11) is 8.23. The fourth-order valence-electron chi connectivity index (χ4n) is 3.37. The van der Waals surface area contributed by atoms with E-state index in [1.807, 2.05) is 12.4 Å². The molecule has 0 aliphatic heterocycles. The van der Waals surface area contributed by atoms with Gasteiger partial charge in [0.15, 0.2) is 0 Å². The molecule has 0 heterocycles. The van der Waals surface area contributed by atoms with E-state index >= 15 is 0 Å². The van der Waals surface area contributed by atoms with Crippen LogP contribution >= 0.6 is 0 Å². The van der Waals surface area contributed by atoms with E-state index in [0.29, 0.717) is 0 Å². The predicted molar refractivity (Wildman–Crippen MR) is 130 cm³/mol. The van der Waals surface area contributed by atoms with Crippen LogP contribution in [0.3, 0.4) is 0 Å². The molecule has 6 heteroatoms. The second-order valence-corrected chi connectivity index (χ2v) is 7.86. The lowest BCUT2D eigenvalue weighted by Gasteiger charge is -2.13. The molecule has 30 heavy (non-hydrogen) atoms. The highest BCUT2D eigenvalue weighted by Crippen LogP contribution is 2.31. The summed E-state index contributed by atoms with van der Waals surface area (Å²) < 4.78 is 0. The van der Waals surface area contributed by atoms with Gasteiger partial charge in [-0.2, -0.15) is 10.2 Å². The highest BCUT2D eigenvalue weighted by atomic mass is 15.3. The molecule has 3 aromatic rings. The quantitative estimate of drug-likeness (QED) is 0.236. The van der Waals surface area contributed by atoms with Gasteiger partial charge >= 0.3 is 0 Å². The maximum Gasteiger partial charge on any atom is 0.0552 e. The molecule has 0 bridgehead atoms. The third-order valence-corrected chi connectivity index (χ3v) is 4.93. The van der Waals surface area contributed by atoms with Crippen molar-refractivity contribution < 1.29 is 0 Å². The summed E-state index contributed by atoms with van der Waals surface area (Å²) in [6.07, 6.45) is 3.88. The molecule has 0 radical (unpaired) electrons. The van der Waals surface area contributed by atoms with E-state index in [1.54, 1.807) is 0 Å². The summed E-state index contributed by atoms with van der Waals surface area (Å²) in [5.74, 6) is 0. The Kier molecular flexibility index (Phi) is 7.76. The van der Waals surface area contributed by atoms with Crippen molar-refractivity contribution in [3.8, 4) is 0 Å². The van der Waals surface area contributed by atoms with Crippen LogP contribution in [0.5, 0.6) is 0 Å². The van der Waals surface area contributed by atoms with Crippen molar-refractivity contribution >= 4 is 34.0 Å². The molecule has 6 nitrogen and oxygen atoms in total. The first-order valence-electron chi connectivity index (χ1n) is 10.3. The molecule has 3 rings (SSSR count). The Morgan fingerprint density at radius 3 is 1.27 bits per heavy atom. The van der Waals surface area contributed by atoms with Gasteiger partial charge in [-0.05, 0) is 49.7 Å².